The molecule has 0 saturated heterocycles. The molecule has 1 aliphatic rings. The normalized spacial score (nSPS) is 15.2. The van der Waals surface area contributed by atoms with Gasteiger partial charge in [-0.25, -0.2) is 9.97 Å². The van der Waals surface area contributed by atoms with Crippen molar-refractivity contribution in [2.45, 2.75) is 19.4 Å². The summed E-state index contributed by atoms with van der Waals surface area (Å²) >= 11 is 0. The Morgan fingerprint density at radius 2 is 2.18 bits per heavy atom. The zero-order valence-electron chi connectivity index (χ0n) is 12.2. The number of carbonyl (C=O) groups is 1. The molecule has 0 unspecified atom stereocenters. The van der Waals surface area contributed by atoms with E-state index < -0.39 is 0 Å². The largest absolute Gasteiger partial charge is 0.487 e. The first-order valence-corrected chi connectivity index (χ1v) is 7.04. The minimum Gasteiger partial charge on any atom is -0.487 e. The van der Waals surface area contributed by atoms with Crippen molar-refractivity contribution < 1.29 is 9.53 Å². The number of ether oxygens (including phenoxy) is 1. The monoisotopic (exact) mass is 293 g/mol. The Labute approximate surface area is 128 Å². The Bertz CT molecular complexity index is 747. The number of carbonyl (C=O) groups excluding carboxylic acids is 1. The van der Waals surface area contributed by atoms with Gasteiger partial charge in [0, 0.05) is 18.8 Å². The van der Waals surface area contributed by atoms with E-state index in [1.807, 2.05) is 18.2 Å². The van der Waals surface area contributed by atoms with E-state index in [1.165, 1.54) is 0 Å². The van der Waals surface area contributed by atoms with Gasteiger partial charge in [-0.3, -0.25) is 4.79 Å². The predicted molar refractivity (Wildman–Crippen MR) is 82.0 cm³/mol. The lowest BCUT2D eigenvalue weighted by atomic mass is 10.1. The summed E-state index contributed by atoms with van der Waals surface area (Å²) in [4.78, 5) is 19.9. The van der Waals surface area contributed by atoms with Gasteiger partial charge in [0.25, 0.3) is 5.91 Å². The third-order valence-corrected chi connectivity index (χ3v) is 3.36. The first-order chi connectivity index (χ1) is 10.8. The molecule has 0 spiro atoms. The summed E-state index contributed by atoms with van der Waals surface area (Å²) in [6, 6.07) is 7.71. The number of nitrogens with one attached hydrogen (secondary N) is 1. The Hall–Kier alpha value is -2.87. The lowest BCUT2D eigenvalue weighted by molar-refractivity contribution is -0.116. The molecule has 0 bridgehead atoms. The van der Waals surface area contributed by atoms with Crippen LogP contribution in [0.1, 0.15) is 12.5 Å². The zero-order chi connectivity index (χ0) is 15.4. The molecule has 5 heteroatoms. The average Bonchev–Trinajstić information content (AvgIpc) is 2.97. The summed E-state index contributed by atoms with van der Waals surface area (Å²) < 4.78 is 5.98. The minimum atomic E-state index is -0.284. The van der Waals surface area contributed by atoms with Gasteiger partial charge in [-0.2, -0.15) is 0 Å². The second-order valence-corrected chi connectivity index (χ2v) is 4.90. The molecule has 1 amide bonds. The summed E-state index contributed by atoms with van der Waals surface area (Å²) in [6.07, 6.45) is 4.06. The van der Waals surface area contributed by atoms with Crippen LogP contribution in [0.25, 0.3) is 11.4 Å². The van der Waals surface area contributed by atoms with E-state index in [2.05, 4.69) is 27.1 Å². The van der Waals surface area contributed by atoms with Gasteiger partial charge < -0.3 is 10.1 Å². The molecule has 3 rings (SSSR count). The fourth-order valence-electron chi connectivity index (χ4n) is 2.43. The Kier molecular flexibility index (Phi) is 4.01. The van der Waals surface area contributed by atoms with E-state index in [0.29, 0.717) is 12.4 Å². The zero-order valence-corrected chi connectivity index (χ0v) is 12.2. The highest BCUT2D eigenvalue weighted by atomic mass is 16.5. The van der Waals surface area contributed by atoms with Crippen molar-refractivity contribution in [3.05, 3.63) is 42.2 Å². The lowest BCUT2D eigenvalue weighted by Crippen LogP contribution is -2.33. The number of hydrogen-bond acceptors (Lipinski definition) is 4. The quantitative estimate of drug-likeness (QED) is 0.873. The standard InChI is InChI=1S/C17H15N3O2/c1-2-5-15(21)20-11-13-10-12-6-3-7-14(16(12)22-13)17-18-8-4-9-19-17/h3-4,6-9,13H,10-11H2,1H3,(H,20,21)/t13-/m1/s1. The number of rotatable bonds is 3. The molecule has 22 heavy (non-hydrogen) atoms. The predicted octanol–water partition coefficient (Wildman–Crippen LogP) is 1.59. The molecule has 2 aromatic rings. The van der Waals surface area contributed by atoms with E-state index in [1.54, 1.807) is 25.4 Å². The lowest BCUT2D eigenvalue weighted by Gasteiger charge is -2.12. The van der Waals surface area contributed by atoms with Crippen LogP contribution in [0.3, 0.4) is 0 Å². The fourth-order valence-corrected chi connectivity index (χ4v) is 2.43. The molecular formula is C17H15N3O2. The third kappa shape index (κ3) is 2.91. The van der Waals surface area contributed by atoms with Crippen LogP contribution in [0.4, 0.5) is 0 Å². The maximum absolute atomic E-state index is 11.4. The van der Waals surface area contributed by atoms with Crippen molar-refractivity contribution in [2.24, 2.45) is 0 Å². The second kappa shape index (κ2) is 6.27. The number of aromatic nitrogens is 2. The summed E-state index contributed by atoms with van der Waals surface area (Å²) in [5.74, 6) is 6.18. The molecule has 1 aliphatic heterocycles. The van der Waals surface area contributed by atoms with E-state index in [9.17, 15) is 4.79 Å². The molecule has 2 heterocycles. The van der Waals surface area contributed by atoms with Gasteiger partial charge >= 0.3 is 0 Å². The highest BCUT2D eigenvalue weighted by Gasteiger charge is 2.26. The van der Waals surface area contributed by atoms with Crippen LogP contribution < -0.4 is 10.1 Å². The fraction of sp³-hybridized carbons (Fsp3) is 0.235. The molecule has 5 nitrogen and oxygen atoms in total. The van der Waals surface area contributed by atoms with Crippen molar-refractivity contribution in [1.29, 1.82) is 0 Å². The van der Waals surface area contributed by atoms with Crippen molar-refractivity contribution in [1.82, 2.24) is 15.3 Å². The number of para-hydroxylation sites is 1. The first kappa shape index (κ1) is 14.1. The van der Waals surface area contributed by atoms with Crippen LogP contribution in [-0.2, 0) is 11.2 Å². The maximum Gasteiger partial charge on any atom is 0.296 e. The van der Waals surface area contributed by atoms with Gasteiger partial charge in [-0.1, -0.05) is 18.1 Å². The summed E-state index contributed by atoms with van der Waals surface area (Å²) in [6.45, 7) is 2.06. The van der Waals surface area contributed by atoms with Crippen LogP contribution in [0.15, 0.2) is 36.7 Å². The maximum atomic E-state index is 11.4. The molecule has 0 fully saturated rings. The highest BCUT2D eigenvalue weighted by molar-refractivity contribution is 5.93. The van der Waals surface area contributed by atoms with Gasteiger partial charge in [-0.05, 0) is 30.5 Å². The van der Waals surface area contributed by atoms with E-state index in [4.69, 9.17) is 4.74 Å². The van der Waals surface area contributed by atoms with Crippen molar-refractivity contribution >= 4 is 5.91 Å². The van der Waals surface area contributed by atoms with Crippen LogP contribution in [0, 0.1) is 11.8 Å². The summed E-state index contributed by atoms with van der Waals surface area (Å²) in [7, 11) is 0. The van der Waals surface area contributed by atoms with Crippen LogP contribution in [-0.4, -0.2) is 28.5 Å². The molecule has 1 N–H and O–H groups in total. The van der Waals surface area contributed by atoms with E-state index in [0.717, 1.165) is 23.3 Å². The average molecular weight is 293 g/mol. The summed E-state index contributed by atoms with van der Waals surface area (Å²) in [5.41, 5.74) is 1.98. The molecule has 0 radical (unpaired) electrons. The number of benzene rings is 1. The smallest absolute Gasteiger partial charge is 0.296 e. The van der Waals surface area contributed by atoms with E-state index >= 15 is 0 Å². The topological polar surface area (TPSA) is 64.1 Å². The van der Waals surface area contributed by atoms with Crippen LogP contribution >= 0.6 is 0 Å². The molecule has 110 valence electrons. The highest BCUT2D eigenvalue weighted by Crippen LogP contribution is 2.37. The van der Waals surface area contributed by atoms with Crippen LogP contribution in [0.5, 0.6) is 5.75 Å². The van der Waals surface area contributed by atoms with E-state index in [-0.39, 0.29) is 12.0 Å². The second-order valence-electron chi connectivity index (χ2n) is 4.90. The number of hydrogen-bond donors (Lipinski definition) is 1. The molecular weight excluding hydrogens is 278 g/mol. The Morgan fingerprint density at radius 3 is 2.95 bits per heavy atom. The number of fused-ring (bicyclic) bond motifs is 1. The number of nitrogens with zero attached hydrogens (tertiary/aromatic N) is 2. The van der Waals surface area contributed by atoms with Crippen molar-refractivity contribution in [3.8, 4) is 29.0 Å². The minimum absolute atomic E-state index is 0.0949. The summed E-state index contributed by atoms with van der Waals surface area (Å²) in [5, 5.41) is 2.75. The molecule has 0 saturated carbocycles. The molecule has 1 aromatic carbocycles. The van der Waals surface area contributed by atoms with Gasteiger partial charge in [0.1, 0.15) is 11.9 Å². The first-order valence-electron chi connectivity index (χ1n) is 7.04. The Balaban J connectivity index is 1.76. The SMILES string of the molecule is CC#CC(=O)NC[C@H]1Cc2cccc(-c3ncccn3)c2O1. The molecule has 1 atom stereocenters. The van der Waals surface area contributed by atoms with Crippen LogP contribution in [0.2, 0.25) is 0 Å². The van der Waals surface area contributed by atoms with Gasteiger partial charge in [0.2, 0.25) is 0 Å². The Morgan fingerprint density at radius 1 is 1.36 bits per heavy atom. The van der Waals surface area contributed by atoms with Gasteiger partial charge in [0.05, 0.1) is 12.1 Å². The van der Waals surface area contributed by atoms with Crippen molar-refractivity contribution in [3.63, 3.8) is 0 Å². The van der Waals surface area contributed by atoms with Gasteiger partial charge in [0.15, 0.2) is 5.82 Å². The molecule has 0 aliphatic carbocycles. The van der Waals surface area contributed by atoms with Gasteiger partial charge in [-0.15, -0.1) is 0 Å². The molecule has 1 aromatic heterocycles. The number of amides is 1. The third-order valence-electron chi connectivity index (χ3n) is 3.36. The van der Waals surface area contributed by atoms with Crippen molar-refractivity contribution in [2.75, 3.05) is 6.54 Å².